The average Bonchev–Trinajstić information content (AvgIpc) is 2.30. The van der Waals surface area contributed by atoms with Crippen molar-refractivity contribution in [3.63, 3.8) is 0 Å². The molecule has 94 valence electrons. The highest BCUT2D eigenvalue weighted by Gasteiger charge is 2.15. The van der Waals surface area contributed by atoms with Crippen LogP contribution in [0.4, 0.5) is 5.69 Å². The summed E-state index contributed by atoms with van der Waals surface area (Å²) in [7, 11) is 0. The number of thioether (sulfide) groups is 1. The lowest BCUT2D eigenvalue weighted by Crippen LogP contribution is -1.97. The molecule has 0 spiro atoms. The Balaban J connectivity index is 2.81. The Morgan fingerprint density at radius 3 is 2.88 bits per heavy atom. The summed E-state index contributed by atoms with van der Waals surface area (Å²) < 4.78 is 5.24. The standard InChI is InChI=1S/C11H15NO4S/c1-2-16-11-8-9(17-7-3-6-13)4-5-10(11)12(14)15/h4-5,8,13H,2-3,6-7H2,1H3. The molecule has 0 aliphatic carbocycles. The van der Waals surface area contributed by atoms with Crippen molar-refractivity contribution in [2.75, 3.05) is 19.0 Å². The zero-order valence-corrected chi connectivity index (χ0v) is 10.4. The summed E-state index contributed by atoms with van der Waals surface area (Å²) in [6, 6.07) is 4.82. The van der Waals surface area contributed by atoms with E-state index in [0.29, 0.717) is 18.8 Å². The van der Waals surface area contributed by atoms with Gasteiger partial charge in [-0.25, -0.2) is 0 Å². The largest absolute Gasteiger partial charge is 0.487 e. The first-order valence-electron chi connectivity index (χ1n) is 5.34. The first-order valence-corrected chi connectivity index (χ1v) is 6.32. The molecule has 1 aromatic carbocycles. The van der Waals surface area contributed by atoms with E-state index in [2.05, 4.69) is 0 Å². The van der Waals surface area contributed by atoms with Gasteiger partial charge in [0.05, 0.1) is 11.5 Å². The van der Waals surface area contributed by atoms with Crippen molar-refractivity contribution in [3.05, 3.63) is 28.3 Å². The van der Waals surface area contributed by atoms with Gasteiger partial charge in [-0.1, -0.05) is 0 Å². The topological polar surface area (TPSA) is 72.6 Å². The van der Waals surface area contributed by atoms with Gasteiger partial charge in [0.15, 0.2) is 5.75 Å². The molecule has 0 saturated heterocycles. The molecule has 1 N–H and O–H groups in total. The Bertz CT molecular complexity index is 384. The number of nitrogens with zero attached hydrogens (tertiary/aromatic N) is 1. The molecule has 0 aliphatic rings. The molecule has 0 unspecified atom stereocenters. The van der Waals surface area contributed by atoms with E-state index in [4.69, 9.17) is 9.84 Å². The van der Waals surface area contributed by atoms with Gasteiger partial charge in [0.2, 0.25) is 0 Å². The molecule has 0 fully saturated rings. The maximum absolute atomic E-state index is 10.8. The second kappa shape index (κ2) is 7.13. The summed E-state index contributed by atoms with van der Waals surface area (Å²) in [6.45, 7) is 2.33. The zero-order chi connectivity index (χ0) is 12.7. The van der Waals surface area contributed by atoms with Gasteiger partial charge in [-0.15, -0.1) is 11.8 Å². The second-order valence-electron chi connectivity index (χ2n) is 3.25. The SMILES string of the molecule is CCOc1cc(SCCCO)ccc1[N+](=O)[O-]. The van der Waals surface area contributed by atoms with Gasteiger partial charge >= 0.3 is 5.69 Å². The van der Waals surface area contributed by atoms with E-state index < -0.39 is 4.92 Å². The van der Waals surface area contributed by atoms with Crippen LogP contribution in [0.3, 0.4) is 0 Å². The zero-order valence-electron chi connectivity index (χ0n) is 9.59. The number of aliphatic hydroxyl groups excluding tert-OH is 1. The van der Waals surface area contributed by atoms with Crippen molar-refractivity contribution in [3.8, 4) is 5.75 Å². The molecule has 0 amide bonds. The van der Waals surface area contributed by atoms with Crippen LogP contribution in [-0.4, -0.2) is 29.0 Å². The quantitative estimate of drug-likeness (QED) is 0.351. The molecule has 0 radical (unpaired) electrons. The molecular weight excluding hydrogens is 242 g/mol. The lowest BCUT2D eigenvalue weighted by atomic mass is 10.3. The van der Waals surface area contributed by atoms with Crippen LogP contribution in [0.5, 0.6) is 5.75 Å². The molecule has 0 aliphatic heterocycles. The van der Waals surface area contributed by atoms with E-state index in [1.54, 1.807) is 30.8 Å². The fourth-order valence-corrected chi connectivity index (χ4v) is 2.12. The normalized spacial score (nSPS) is 10.2. The first-order chi connectivity index (χ1) is 8.19. The molecule has 0 atom stereocenters. The molecule has 0 aromatic heterocycles. The smallest absolute Gasteiger partial charge is 0.310 e. The number of ether oxygens (including phenoxy) is 1. The van der Waals surface area contributed by atoms with Gasteiger partial charge in [-0.2, -0.15) is 0 Å². The summed E-state index contributed by atoms with van der Waals surface area (Å²) >= 11 is 1.54. The van der Waals surface area contributed by atoms with Crippen molar-refractivity contribution in [2.45, 2.75) is 18.2 Å². The van der Waals surface area contributed by atoms with Crippen LogP contribution < -0.4 is 4.74 Å². The van der Waals surface area contributed by atoms with Gasteiger partial charge in [-0.3, -0.25) is 10.1 Å². The minimum absolute atomic E-state index is 0.0154. The summed E-state index contributed by atoms with van der Waals surface area (Å²) in [5.41, 5.74) is -0.0154. The molecule has 0 bridgehead atoms. The van der Waals surface area contributed by atoms with Crippen molar-refractivity contribution < 1.29 is 14.8 Å². The lowest BCUT2D eigenvalue weighted by molar-refractivity contribution is -0.385. The van der Waals surface area contributed by atoms with Crippen molar-refractivity contribution in [2.24, 2.45) is 0 Å². The number of nitro benzene ring substituents is 1. The molecule has 1 rings (SSSR count). The average molecular weight is 257 g/mol. The van der Waals surface area contributed by atoms with Crippen LogP contribution in [0, 0.1) is 10.1 Å². The molecular formula is C11H15NO4S. The third kappa shape index (κ3) is 4.24. The molecule has 17 heavy (non-hydrogen) atoms. The van der Waals surface area contributed by atoms with Crippen molar-refractivity contribution in [1.82, 2.24) is 0 Å². The van der Waals surface area contributed by atoms with Crippen LogP contribution in [-0.2, 0) is 0 Å². The Hall–Kier alpha value is -1.27. The number of hydrogen-bond acceptors (Lipinski definition) is 5. The van der Waals surface area contributed by atoms with E-state index in [9.17, 15) is 10.1 Å². The number of aliphatic hydroxyl groups is 1. The Kier molecular flexibility index (Phi) is 5.79. The summed E-state index contributed by atoms with van der Waals surface area (Å²) in [4.78, 5) is 11.2. The molecule has 5 nitrogen and oxygen atoms in total. The van der Waals surface area contributed by atoms with E-state index in [1.807, 2.05) is 0 Å². The fourth-order valence-electron chi connectivity index (χ4n) is 1.26. The van der Waals surface area contributed by atoms with Crippen molar-refractivity contribution >= 4 is 17.4 Å². The van der Waals surface area contributed by atoms with Gasteiger partial charge in [0.25, 0.3) is 0 Å². The van der Waals surface area contributed by atoms with Gasteiger partial charge in [-0.05, 0) is 19.4 Å². The van der Waals surface area contributed by atoms with Crippen LogP contribution >= 0.6 is 11.8 Å². The van der Waals surface area contributed by atoms with E-state index in [0.717, 1.165) is 10.6 Å². The molecule has 1 aromatic rings. The summed E-state index contributed by atoms with van der Waals surface area (Å²) in [6.07, 6.45) is 0.700. The van der Waals surface area contributed by atoms with Crippen LogP contribution in [0.2, 0.25) is 0 Å². The van der Waals surface area contributed by atoms with E-state index in [1.165, 1.54) is 6.07 Å². The Labute approximate surface area is 104 Å². The molecule has 0 heterocycles. The van der Waals surface area contributed by atoms with Gasteiger partial charge < -0.3 is 9.84 Å². The fraction of sp³-hybridized carbons (Fsp3) is 0.455. The van der Waals surface area contributed by atoms with Gasteiger partial charge in [0.1, 0.15) is 0 Å². The van der Waals surface area contributed by atoms with Gasteiger partial charge in [0, 0.05) is 29.4 Å². The number of nitro groups is 1. The highest BCUT2D eigenvalue weighted by Crippen LogP contribution is 2.32. The maximum Gasteiger partial charge on any atom is 0.310 e. The number of hydrogen-bond donors (Lipinski definition) is 1. The second-order valence-corrected chi connectivity index (χ2v) is 4.41. The Morgan fingerprint density at radius 1 is 1.53 bits per heavy atom. The predicted molar refractivity (Wildman–Crippen MR) is 66.7 cm³/mol. The lowest BCUT2D eigenvalue weighted by Gasteiger charge is -2.06. The third-order valence-electron chi connectivity index (χ3n) is 2.00. The highest BCUT2D eigenvalue weighted by atomic mass is 32.2. The van der Waals surface area contributed by atoms with E-state index >= 15 is 0 Å². The summed E-state index contributed by atoms with van der Waals surface area (Å²) in [5.74, 6) is 1.08. The van der Waals surface area contributed by atoms with Crippen molar-refractivity contribution in [1.29, 1.82) is 0 Å². The maximum atomic E-state index is 10.8. The first kappa shape index (κ1) is 13.8. The number of rotatable bonds is 7. The monoisotopic (exact) mass is 257 g/mol. The molecule has 6 heteroatoms. The minimum atomic E-state index is -0.451. The molecule has 0 saturated carbocycles. The highest BCUT2D eigenvalue weighted by molar-refractivity contribution is 7.99. The van der Waals surface area contributed by atoms with Crippen LogP contribution in [0.15, 0.2) is 23.1 Å². The predicted octanol–water partition coefficient (Wildman–Crippen LogP) is 2.47. The third-order valence-corrected chi connectivity index (χ3v) is 3.08. The minimum Gasteiger partial charge on any atom is -0.487 e. The van der Waals surface area contributed by atoms with Crippen LogP contribution in [0.25, 0.3) is 0 Å². The van der Waals surface area contributed by atoms with E-state index in [-0.39, 0.29) is 12.3 Å². The Morgan fingerprint density at radius 2 is 2.29 bits per heavy atom. The van der Waals surface area contributed by atoms with Crippen LogP contribution in [0.1, 0.15) is 13.3 Å². The summed E-state index contributed by atoms with van der Waals surface area (Å²) in [5, 5.41) is 19.4. The number of benzene rings is 1.